The number of carbonyl (C=O) groups excluding carboxylic acids is 1. The number of aryl methyl sites for hydroxylation is 2. The van der Waals surface area contributed by atoms with E-state index in [1.807, 2.05) is 0 Å². The Labute approximate surface area is 196 Å². The molecule has 2 aliphatic heterocycles. The Balaban J connectivity index is 0.000000383. The first-order chi connectivity index (χ1) is 15.4. The molecule has 1 amide bonds. The summed E-state index contributed by atoms with van der Waals surface area (Å²) in [5, 5.41) is 7.12. The molecule has 1 atom stereocenters. The van der Waals surface area contributed by atoms with E-state index in [0.717, 1.165) is 63.0 Å². The number of piperidine rings is 1. The highest BCUT2D eigenvalue weighted by atomic mass is 32.1. The van der Waals surface area contributed by atoms with E-state index in [1.54, 1.807) is 11.3 Å². The van der Waals surface area contributed by atoms with Crippen molar-refractivity contribution < 1.29 is 32.6 Å². The van der Waals surface area contributed by atoms with E-state index in [0.29, 0.717) is 11.3 Å². The molecule has 0 bridgehead atoms. The normalized spacial score (nSPS) is 22.8. The first-order valence-corrected chi connectivity index (χ1v) is 12.2. The smallest absolute Gasteiger partial charge is 0.475 e. The van der Waals surface area contributed by atoms with E-state index < -0.39 is 12.1 Å². The third-order valence-electron chi connectivity index (χ3n) is 7.02. The van der Waals surface area contributed by atoms with Crippen LogP contribution in [-0.2, 0) is 9.53 Å². The van der Waals surface area contributed by atoms with Gasteiger partial charge in [0.2, 0.25) is 0 Å². The zero-order chi connectivity index (χ0) is 24.4. The molecule has 1 saturated carbocycles. The molecular formula is C23H33F3N2O4S. The number of ether oxygens (including phenoxy) is 1. The van der Waals surface area contributed by atoms with Crippen LogP contribution in [0.4, 0.5) is 13.2 Å². The molecule has 4 rings (SSSR count). The van der Waals surface area contributed by atoms with Crippen molar-refractivity contribution in [2.45, 2.75) is 45.7 Å². The van der Waals surface area contributed by atoms with Gasteiger partial charge in [-0.25, -0.2) is 4.79 Å². The highest BCUT2D eigenvalue weighted by molar-refractivity contribution is 7.14. The van der Waals surface area contributed by atoms with Crippen LogP contribution in [0.15, 0.2) is 6.07 Å². The summed E-state index contributed by atoms with van der Waals surface area (Å²) in [4.78, 5) is 28.5. The Morgan fingerprint density at radius 3 is 2.30 bits per heavy atom. The lowest BCUT2D eigenvalue weighted by atomic mass is 9.71. The number of carbonyl (C=O) groups is 2. The van der Waals surface area contributed by atoms with Crippen LogP contribution in [0.2, 0.25) is 0 Å². The number of rotatable bonds is 5. The van der Waals surface area contributed by atoms with Crippen molar-refractivity contribution in [3.8, 4) is 0 Å². The maximum Gasteiger partial charge on any atom is 0.490 e. The van der Waals surface area contributed by atoms with Gasteiger partial charge in [0.15, 0.2) is 0 Å². The van der Waals surface area contributed by atoms with Gasteiger partial charge in [0, 0.05) is 43.6 Å². The van der Waals surface area contributed by atoms with Gasteiger partial charge in [-0.3, -0.25) is 4.79 Å². The van der Waals surface area contributed by atoms with Gasteiger partial charge in [0.05, 0.1) is 11.5 Å². The molecule has 1 unspecified atom stereocenters. The molecule has 3 heterocycles. The molecule has 6 nitrogen and oxygen atoms in total. The maximum absolute atomic E-state index is 12.9. The average molecular weight is 491 g/mol. The number of alkyl halides is 3. The fraction of sp³-hybridized carbons (Fsp3) is 0.739. The van der Waals surface area contributed by atoms with Crippen LogP contribution >= 0.6 is 11.3 Å². The number of aliphatic carboxylic acids is 1. The van der Waals surface area contributed by atoms with Gasteiger partial charge in [-0.05, 0) is 69.5 Å². The highest BCUT2D eigenvalue weighted by Crippen LogP contribution is 2.45. The number of nitrogens with zero attached hydrogens (tertiary/aromatic N) is 2. The summed E-state index contributed by atoms with van der Waals surface area (Å²) in [7, 11) is 2.23. The minimum atomic E-state index is -5.08. The molecule has 1 aromatic rings. The number of amides is 1. The number of thiophene rings is 1. The molecule has 2 saturated heterocycles. The summed E-state index contributed by atoms with van der Waals surface area (Å²) < 4.78 is 37.8. The van der Waals surface area contributed by atoms with E-state index >= 15 is 0 Å². The largest absolute Gasteiger partial charge is 0.490 e. The molecule has 1 N–H and O–H groups in total. The van der Waals surface area contributed by atoms with E-state index in [9.17, 15) is 18.0 Å². The molecule has 0 radical (unpaired) electrons. The zero-order valence-electron chi connectivity index (χ0n) is 19.4. The van der Waals surface area contributed by atoms with Crippen LogP contribution in [0.1, 0.15) is 45.8 Å². The lowest BCUT2D eigenvalue weighted by Gasteiger charge is -2.42. The molecule has 10 heteroatoms. The minimum Gasteiger partial charge on any atom is -0.475 e. The average Bonchev–Trinajstić information content (AvgIpc) is 3.43. The van der Waals surface area contributed by atoms with Crippen LogP contribution in [-0.4, -0.2) is 79.4 Å². The van der Waals surface area contributed by atoms with Crippen LogP contribution < -0.4 is 0 Å². The molecule has 186 valence electrons. The molecule has 1 aliphatic carbocycles. The van der Waals surface area contributed by atoms with Crippen molar-refractivity contribution in [1.29, 1.82) is 0 Å². The molecular weight excluding hydrogens is 457 g/mol. The third-order valence-corrected chi connectivity index (χ3v) is 8.16. The first kappa shape index (κ1) is 26.0. The van der Waals surface area contributed by atoms with Crippen molar-refractivity contribution in [2.24, 2.45) is 17.3 Å². The predicted molar refractivity (Wildman–Crippen MR) is 120 cm³/mol. The molecule has 1 spiro atoms. The Hall–Kier alpha value is -1.65. The second-order valence-corrected chi connectivity index (χ2v) is 10.9. The van der Waals surface area contributed by atoms with E-state index in [-0.39, 0.29) is 5.91 Å². The summed E-state index contributed by atoms with van der Waals surface area (Å²) in [5.41, 5.74) is 1.58. The van der Waals surface area contributed by atoms with E-state index in [4.69, 9.17) is 14.6 Å². The first-order valence-electron chi connectivity index (χ1n) is 11.3. The van der Waals surface area contributed by atoms with Gasteiger partial charge in [0.1, 0.15) is 0 Å². The third kappa shape index (κ3) is 6.70. The number of carboxylic acid groups (broad SMARTS) is 1. The molecule has 0 aromatic carbocycles. The monoisotopic (exact) mass is 490 g/mol. The number of hydrogen-bond donors (Lipinski definition) is 1. The SMILES string of the molecule is Cc1cc(C(=O)N2CCC3(CC2)CN(C)CC3COCC2CC2)sc1C.O=C(O)C(F)(F)F. The van der Waals surface area contributed by atoms with Crippen LogP contribution in [0, 0.1) is 31.1 Å². The summed E-state index contributed by atoms with van der Waals surface area (Å²) in [6.07, 6.45) is -0.142. The van der Waals surface area contributed by atoms with Crippen molar-refractivity contribution in [3.05, 3.63) is 21.4 Å². The van der Waals surface area contributed by atoms with Gasteiger partial charge in [-0.15, -0.1) is 11.3 Å². The predicted octanol–water partition coefficient (Wildman–Crippen LogP) is 4.21. The van der Waals surface area contributed by atoms with Gasteiger partial charge in [-0.1, -0.05) is 0 Å². The number of likely N-dealkylation sites (tertiary alicyclic amines) is 2. The number of hydrogen-bond acceptors (Lipinski definition) is 5. The van der Waals surface area contributed by atoms with Gasteiger partial charge in [-0.2, -0.15) is 13.2 Å². The van der Waals surface area contributed by atoms with Gasteiger partial charge in [0.25, 0.3) is 5.91 Å². The lowest BCUT2D eigenvalue weighted by Crippen LogP contribution is -2.47. The van der Waals surface area contributed by atoms with Crippen LogP contribution in [0.5, 0.6) is 0 Å². The summed E-state index contributed by atoms with van der Waals surface area (Å²) >= 11 is 1.64. The van der Waals surface area contributed by atoms with Gasteiger partial charge >= 0.3 is 12.1 Å². The van der Waals surface area contributed by atoms with Crippen LogP contribution in [0.25, 0.3) is 0 Å². The topological polar surface area (TPSA) is 70.1 Å². The summed E-state index contributed by atoms with van der Waals surface area (Å²) in [6, 6.07) is 2.06. The van der Waals surface area contributed by atoms with E-state index in [2.05, 4.69) is 36.8 Å². The van der Waals surface area contributed by atoms with Crippen molar-refractivity contribution in [1.82, 2.24) is 9.80 Å². The fourth-order valence-electron chi connectivity index (χ4n) is 4.75. The van der Waals surface area contributed by atoms with Gasteiger partial charge < -0.3 is 19.6 Å². The standard InChI is InChI=1S/C21H32N2O2S.C2HF3O2/c1-15-10-19(26-16(15)2)20(24)23-8-6-21(7-9-23)14-22(3)11-18(21)13-25-12-17-4-5-17;3-2(4,5)1(6)7/h10,17-18H,4-9,11-14H2,1-3H3;(H,6,7). The highest BCUT2D eigenvalue weighted by Gasteiger charge is 2.47. The number of carboxylic acids is 1. The fourth-order valence-corrected chi connectivity index (χ4v) is 5.75. The van der Waals surface area contributed by atoms with Crippen LogP contribution in [0.3, 0.4) is 0 Å². The molecule has 3 fully saturated rings. The van der Waals surface area contributed by atoms with E-state index in [1.165, 1.54) is 23.3 Å². The maximum atomic E-state index is 12.9. The second kappa shape index (κ2) is 10.3. The minimum absolute atomic E-state index is 0.230. The zero-order valence-corrected chi connectivity index (χ0v) is 20.2. The Morgan fingerprint density at radius 2 is 1.82 bits per heavy atom. The Kier molecular flexibility index (Phi) is 8.11. The summed E-state index contributed by atoms with van der Waals surface area (Å²) in [6.45, 7) is 10.1. The summed E-state index contributed by atoms with van der Waals surface area (Å²) in [5.74, 6) is -1.07. The lowest BCUT2D eigenvalue weighted by molar-refractivity contribution is -0.192. The second-order valence-electron chi connectivity index (χ2n) is 9.68. The Bertz CT molecular complexity index is 826. The van der Waals surface area contributed by atoms with Crippen molar-refractivity contribution >= 4 is 23.2 Å². The molecule has 1 aromatic heterocycles. The Morgan fingerprint density at radius 1 is 1.21 bits per heavy atom. The molecule has 33 heavy (non-hydrogen) atoms. The van der Waals surface area contributed by atoms with Crippen molar-refractivity contribution in [2.75, 3.05) is 46.4 Å². The molecule has 3 aliphatic rings. The number of halogens is 3. The quantitative estimate of drug-likeness (QED) is 0.670. The van der Waals surface area contributed by atoms with Crippen molar-refractivity contribution in [3.63, 3.8) is 0 Å².